The van der Waals surface area contributed by atoms with Crippen LogP contribution >= 0.6 is 11.8 Å². The van der Waals surface area contributed by atoms with Crippen LogP contribution in [0.15, 0.2) is 57.8 Å². The number of rotatable bonds is 4. The molecule has 3 nitrogen and oxygen atoms in total. The van der Waals surface area contributed by atoms with Gasteiger partial charge in [0.2, 0.25) is 0 Å². The Morgan fingerprint density at radius 3 is 2.64 bits per heavy atom. The molecule has 5 heteroatoms. The van der Waals surface area contributed by atoms with Gasteiger partial charge in [0.15, 0.2) is 11.6 Å². The van der Waals surface area contributed by atoms with Crippen molar-refractivity contribution in [1.82, 2.24) is 0 Å². The van der Waals surface area contributed by atoms with Crippen molar-refractivity contribution in [2.75, 3.05) is 0 Å². The van der Waals surface area contributed by atoms with E-state index in [0.29, 0.717) is 17.6 Å². The molecule has 2 bridgehead atoms. The summed E-state index contributed by atoms with van der Waals surface area (Å²) in [6.07, 6.45) is 0.896. The number of hydrogen-bond donors (Lipinski definition) is 0. The zero-order valence-corrected chi connectivity index (χ0v) is 19.9. The number of ketones is 2. The van der Waals surface area contributed by atoms with Crippen LogP contribution in [0, 0.1) is 19.9 Å². The summed E-state index contributed by atoms with van der Waals surface area (Å²) in [5.41, 5.74) is 2.08. The van der Waals surface area contributed by atoms with Crippen LogP contribution < -0.4 is 0 Å². The van der Waals surface area contributed by atoms with Crippen LogP contribution in [0.1, 0.15) is 41.3 Å². The van der Waals surface area contributed by atoms with Gasteiger partial charge >= 0.3 is 0 Å². The van der Waals surface area contributed by atoms with Crippen molar-refractivity contribution in [2.24, 2.45) is 0 Å². The second-order valence-electron chi connectivity index (χ2n) is 7.33. The number of ether oxygens (including phenoxy) is 1. The molecule has 0 aromatic heterocycles. The number of benzene rings is 2. The molecule has 1 saturated heterocycles. The fourth-order valence-electron chi connectivity index (χ4n) is 3.77. The van der Waals surface area contributed by atoms with Crippen LogP contribution in [0.5, 0.6) is 0 Å². The Bertz CT molecular complexity index is 967. The molecule has 2 heterocycles. The Hall–Kier alpha value is -1.07. The Labute approximate surface area is 195 Å². The molecular weight excluding hydrogens is 445 g/mol. The van der Waals surface area contributed by atoms with Crippen LogP contribution in [0.4, 0.5) is 0 Å². The Morgan fingerprint density at radius 1 is 1.21 bits per heavy atom. The average molecular weight is 466 g/mol. The number of carbonyl (C=O) groups excluding carboxylic acids is 2. The van der Waals surface area contributed by atoms with Gasteiger partial charge in [0, 0.05) is 42.5 Å². The molecule has 141 valence electrons. The first kappa shape index (κ1) is 21.6. The summed E-state index contributed by atoms with van der Waals surface area (Å²) >= 11 is 1.47. The fraction of sp³-hybridized carbons (Fsp3) is 0.304. The SMILES string of the molecule is Cc1[c-]ccc(C(=O)C2=C(Sc3ccccc3)C3(C)CCC(O3)C2=O)c1C.[Y]. The van der Waals surface area contributed by atoms with Gasteiger partial charge in [-0.05, 0) is 31.9 Å². The van der Waals surface area contributed by atoms with Gasteiger partial charge in [0.25, 0.3) is 0 Å². The van der Waals surface area contributed by atoms with E-state index in [1.54, 1.807) is 12.1 Å². The maximum atomic E-state index is 13.5. The number of hydrogen-bond acceptors (Lipinski definition) is 4. The van der Waals surface area contributed by atoms with Gasteiger partial charge in [-0.25, -0.2) is 0 Å². The van der Waals surface area contributed by atoms with E-state index in [-0.39, 0.29) is 44.3 Å². The molecule has 2 unspecified atom stereocenters. The number of thioether (sulfide) groups is 1. The molecule has 2 atom stereocenters. The Balaban J connectivity index is 0.00000225. The molecule has 2 aromatic rings. The smallest absolute Gasteiger partial charge is 0.196 e. The number of Topliss-reactive ketones (excluding diaryl/α,β-unsaturated/α-hetero) is 2. The fourth-order valence-corrected chi connectivity index (χ4v) is 4.96. The molecular formula is C23H21O3SY-. The number of carbonyl (C=O) groups is 2. The third-order valence-corrected chi connectivity index (χ3v) is 6.83. The first-order valence-electron chi connectivity index (χ1n) is 9.13. The topological polar surface area (TPSA) is 43.4 Å². The van der Waals surface area contributed by atoms with Crippen LogP contribution in [0.25, 0.3) is 0 Å². The molecule has 2 aromatic carbocycles. The summed E-state index contributed by atoms with van der Waals surface area (Å²) in [4.78, 5) is 28.3. The molecule has 1 radical (unpaired) electrons. The summed E-state index contributed by atoms with van der Waals surface area (Å²) < 4.78 is 6.07. The average Bonchev–Trinajstić information content (AvgIpc) is 3.03. The van der Waals surface area contributed by atoms with E-state index < -0.39 is 11.7 Å². The molecule has 0 amide bonds. The molecule has 4 rings (SSSR count). The molecule has 0 spiro atoms. The summed E-state index contributed by atoms with van der Waals surface area (Å²) in [6.45, 7) is 5.83. The van der Waals surface area contributed by atoms with Gasteiger partial charge in [-0.1, -0.05) is 49.4 Å². The second-order valence-corrected chi connectivity index (χ2v) is 8.41. The van der Waals surface area contributed by atoms with Crippen molar-refractivity contribution >= 4 is 23.3 Å². The van der Waals surface area contributed by atoms with E-state index in [1.165, 1.54) is 11.8 Å². The number of aryl methyl sites for hydroxylation is 1. The van der Waals surface area contributed by atoms with Gasteiger partial charge in [0.05, 0.1) is 11.2 Å². The Morgan fingerprint density at radius 2 is 1.93 bits per heavy atom. The van der Waals surface area contributed by atoms with E-state index in [0.717, 1.165) is 27.3 Å². The first-order chi connectivity index (χ1) is 12.9. The van der Waals surface area contributed by atoms with Crippen LogP contribution in [-0.4, -0.2) is 23.3 Å². The summed E-state index contributed by atoms with van der Waals surface area (Å²) in [7, 11) is 0. The third-order valence-electron chi connectivity index (χ3n) is 5.48. The predicted molar refractivity (Wildman–Crippen MR) is 106 cm³/mol. The summed E-state index contributed by atoms with van der Waals surface area (Å²) in [5, 5.41) is 0. The zero-order valence-electron chi connectivity index (χ0n) is 16.2. The van der Waals surface area contributed by atoms with Gasteiger partial charge in [-0.3, -0.25) is 9.59 Å². The van der Waals surface area contributed by atoms with Crippen LogP contribution in [0.3, 0.4) is 0 Å². The minimum atomic E-state index is -0.589. The molecule has 0 aliphatic carbocycles. The quantitative estimate of drug-likeness (QED) is 0.367. The molecule has 0 N–H and O–H groups in total. The summed E-state index contributed by atoms with van der Waals surface area (Å²) in [6, 6.07) is 16.5. The van der Waals surface area contributed by atoms with Crippen molar-refractivity contribution in [3.63, 3.8) is 0 Å². The normalized spacial score (nSPS) is 23.5. The van der Waals surface area contributed by atoms with Crippen LogP contribution in [-0.2, 0) is 42.2 Å². The first-order valence-corrected chi connectivity index (χ1v) is 9.94. The minimum Gasteiger partial charge on any atom is -0.359 e. The van der Waals surface area contributed by atoms with Gasteiger partial charge in [0.1, 0.15) is 6.10 Å². The maximum Gasteiger partial charge on any atom is 0.196 e. The van der Waals surface area contributed by atoms with Crippen molar-refractivity contribution in [3.8, 4) is 0 Å². The monoisotopic (exact) mass is 466 g/mol. The van der Waals surface area contributed by atoms with Crippen LogP contribution in [0.2, 0.25) is 0 Å². The van der Waals surface area contributed by atoms with E-state index in [9.17, 15) is 9.59 Å². The minimum absolute atomic E-state index is 0. The second kappa shape index (κ2) is 8.35. The molecule has 2 aliphatic rings. The zero-order chi connectivity index (χ0) is 19.2. The summed E-state index contributed by atoms with van der Waals surface area (Å²) in [5.74, 6) is -0.382. The Kier molecular flexibility index (Phi) is 6.46. The van der Waals surface area contributed by atoms with Crippen molar-refractivity contribution in [1.29, 1.82) is 0 Å². The standard InChI is InChI=1S/C23H21O3S.Y/c1-14-8-7-11-17(15(14)2)20(24)19-21(25)18-12-13-23(3,26-18)22(19)27-16-9-5-4-6-10-16;/h4-7,9-11,18H,12-13H2,1-3H3;/q-1;. The van der Waals surface area contributed by atoms with Crippen molar-refractivity contribution in [2.45, 2.75) is 50.2 Å². The largest absolute Gasteiger partial charge is 0.359 e. The van der Waals surface area contributed by atoms with E-state index >= 15 is 0 Å². The van der Waals surface area contributed by atoms with E-state index in [2.05, 4.69) is 6.07 Å². The van der Waals surface area contributed by atoms with Gasteiger partial charge < -0.3 is 4.74 Å². The van der Waals surface area contributed by atoms with Gasteiger partial charge in [-0.15, -0.1) is 5.56 Å². The number of fused-ring (bicyclic) bond motifs is 2. The molecule has 2 aliphatic heterocycles. The van der Waals surface area contributed by atoms with Gasteiger partial charge in [-0.2, -0.15) is 23.8 Å². The van der Waals surface area contributed by atoms with E-state index in [4.69, 9.17) is 4.74 Å². The maximum absolute atomic E-state index is 13.5. The van der Waals surface area contributed by atoms with Crippen molar-refractivity contribution in [3.05, 3.63) is 75.7 Å². The van der Waals surface area contributed by atoms with Crippen molar-refractivity contribution < 1.29 is 47.0 Å². The predicted octanol–water partition coefficient (Wildman–Crippen LogP) is 4.85. The third kappa shape index (κ3) is 3.72. The molecule has 28 heavy (non-hydrogen) atoms. The molecule has 0 saturated carbocycles. The van der Waals surface area contributed by atoms with E-state index in [1.807, 2.05) is 51.1 Å². The molecule has 1 fully saturated rings.